The zero-order chi connectivity index (χ0) is 19.3. The predicted octanol–water partition coefficient (Wildman–Crippen LogP) is 3.88. The fraction of sp³-hybridized carbons (Fsp3) is 0.136. The molecule has 136 valence electrons. The zero-order valence-corrected chi connectivity index (χ0v) is 14.9. The molecule has 0 aromatic heterocycles. The van der Waals surface area contributed by atoms with Crippen LogP contribution in [0, 0.1) is 13.8 Å². The van der Waals surface area contributed by atoms with Crippen molar-refractivity contribution < 1.29 is 24.9 Å². The van der Waals surface area contributed by atoms with Crippen LogP contribution in [0.15, 0.2) is 54.6 Å². The van der Waals surface area contributed by atoms with Crippen molar-refractivity contribution in [2.24, 2.45) is 0 Å². The number of fused-ring (bicyclic) bond motifs is 1. The van der Waals surface area contributed by atoms with Crippen LogP contribution in [0.1, 0.15) is 38.2 Å². The quantitative estimate of drug-likeness (QED) is 0.602. The number of carbonyl (C=O) groups is 1. The lowest BCUT2D eigenvalue weighted by molar-refractivity contribution is 0.0249. The molecule has 0 fully saturated rings. The molecule has 1 aliphatic heterocycles. The summed E-state index contributed by atoms with van der Waals surface area (Å²) in [7, 11) is 0. The summed E-state index contributed by atoms with van der Waals surface area (Å²) >= 11 is 0. The average molecular weight is 362 g/mol. The van der Waals surface area contributed by atoms with E-state index >= 15 is 0 Å². The summed E-state index contributed by atoms with van der Waals surface area (Å²) in [5.41, 5.74) is 1.55. The van der Waals surface area contributed by atoms with E-state index in [-0.39, 0.29) is 22.8 Å². The average Bonchev–Trinajstić information content (AvgIpc) is 2.95. The summed E-state index contributed by atoms with van der Waals surface area (Å²) in [4.78, 5) is 12.6. The van der Waals surface area contributed by atoms with Crippen molar-refractivity contribution >= 4 is 5.97 Å². The van der Waals surface area contributed by atoms with Crippen LogP contribution in [-0.2, 0) is 10.3 Å². The Labute approximate surface area is 156 Å². The highest BCUT2D eigenvalue weighted by atomic mass is 16.6. The summed E-state index contributed by atoms with van der Waals surface area (Å²) < 4.78 is 5.84. The summed E-state index contributed by atoms with van der Waals surface area (Å²) in [5, 5.41) is 30.7. The molecule has 3 aromatic rings. The first-order chi connectivity index (χ1) is 12.8. The second-order valence-corrected chi connectivity index (χ2v) is 6.77. The molecule has 5 heteroatoms. The van der Waals surface area contributed by atoms with Crippen LogP contribution >= 0.6 is 0 Å². The highest BCUT2D eigenvalue weighted by Gasteiger charge is 2.50. The molecule has 0 amide bonds. The number of ether oxygens (including phenoxy) is 1. The van der Waals surface area contributed by atoms with Crippen LogP contribution in [0.25, 0.3) is 0 Å². The molecule has 0 bridgehead atoms. The maximum atomic E-state index is 12.6. The molecule has 0 aliphatic carbocycles. The second kappa shape index (κ2) is 5.77. The van der Waals surface area contributed by atoms with Crippen molar-refractivity contribution in [2.45, 2.75) is 19.4 Å². The Balaban J connectivity index is 2.09. The van der Waals surface area contributed by atoms with Gasteiger partial charge in [0, 0.05) is 16.7 Å². The van der Waals surface area contributed by atoms with Crippen LogP contribution in [0.4, 0.5) is 0 Å². The van der Waals surface area contributed by atoms with Gasteiger partial charge in [-0.3, -0.25) is 0 Å². The van der Waals surface area contributed by atoms with Gasteiger partial charge in [-0.25, -0.2) is 4.79 Å². The Kier molecular flexibility index (Phi) is 3.63. The first-order valence-electron chi connectivity index (χ1n) is 8.50. The van der Waals surface area contributed by atoms with Crippen LogP contribution in [-0.4, -0.2) is 21.3 Å². The number of aryl methyl sites for hydroxylation is 2. The fourth-order valence-electron chi connectivity index (χ4n) is 3.55. The summed E-state index contributed by atoms with van der Waals surface area (Å²) in [6, 6.07) is 14.8. The molecule has 0 atom stereocenters. The molecule has 0 saturated heterocycles. The summed E-state index contributed by atoms with van der Waals surface area (Å²) in [6.07, 6.45) is 0. The number of hydrogen-bond acceptors (Lipinski definition) is 5. The topological polar surface area (TPSA) is 87.0 Å². The Morgan fingerprint density at radius 3 is 1.85 bits per heavy atom. The fourth-order valence-corrected chi connectivity index (χ4v) is 3.55. The predicted molar refractivity (Wildman–Crippen MR) is 99.1 cm³/mol. The number of carbonyl (C=O) groups excluding carboxylic acids is 1. The zero-order valence-electron chi connectivity index (χ0n) is 14.9. The molecule has 3 aromatic carbocycles. The molecular weight excluding hydrogens is 344 g/mol. The number of benzene rings is 3. The standard InChI is InChI=1S/C22H18O5/c1-12-6-8-14(10-18(12)24)22(15-9-7-13(2)19(25)11-15)16-4-3-5-17(23)20(16)21(26)27-22/h3-11,23-25H,1-2H3. The Morgan fingerprint density at radius 2 is 1.33 bits per heavy atom. The van der Waals surface area contributed by atoms with Gasteiger partial charge in [0.15, 0.2) is 5.60 Å². The van der Waals surface area contributed by atoms with Gasteiger partial charge in [0.05, 0.1) is 0 Å². The van der Waals surface area contributed by atoms with Crippen LogP contribution in [0.3, 0.4) is 0 Å². The van der Waals surface area contributed by atoms with E-state index in [1.807, 2.05) is 0 Å². The third-order valence-electron chi connectivity index (χ3n) is 5.10. The largest absolute Gasteiger partial charge is 0.508 e. The van der Waals surface area contributed by atoms with Gasteiger partial charge in [-0.2, -0.15) is 0 Å². The maximum absolute atomic E-state index is 12.6. The highest BCUT2D eigenvalue weighted by molar-refractivity contribution is 5.99. The van der Waals surface area contributed by atoms with Crippen molar-refractivity contribution in [1.29, 1.82) is 0 Å². The van der Waals surface area contributed by atoms with Gasteiger partial charge in [-0.1, -0.05) is 36.4 Å². The van der Waals surface area contributed by atoms with Gasteiger partial charge >= 0.3 is 5.97 Å². The Bertz CT molecular complexity index is 1030. The van der Waals surface area contributed by atoms with E-state index in [4.69, 9.17) is 4.74 Å². The lowest BCUT2D eigenvalue weighted by Crippen LogP contribution is -2.29. The minimum absolute atomic E-state index is 0.0628. The molecule has 5 nitrogen and oxygen atoms in total. The van der Waals surface area contributed by atoms with Gasteiger partial charge < -0.3 is 20.1 Å². The minimum Gasteiger partial charge on any atom is -0.508 e. The monoisotopic (exact) mass is 362 g/mol. The smallest absolute Gasteiger partial charge is 0.343 e. The van der Waals surface area contributed by atoms with Crippen molar-refractivity contribution in [2.75, 3.05) is 0 Å². The van der Waals surface area contributed by atoms with Gasteiger partial charge in [0.25, 0.3) is 0 Å². The van der Waals surface area contributed by atoms with Crippen LogP contribution in [0.2, 0.25) is 0 Å². The van der Waals surface area contributed by atoms with Crippen molar-refractivity contribution in [3.8, 4) is 17.2 Å². The van der Waals surface area contributed by atoms with E-state index in [1.165, 1.54) is 6.07 Å². The third-order valence-corrected chi connectivity index (χ3v) is 5.10. The van der Waals surface area contributed by atoms with E-state index in [9.17, 15) is 20.1 Å². The summed E-state index contributed by atoms with van der Waals surface area (Å²) in [6.45, 7) is 3.54. The Hall–Kier alpha value is -3.47. The highest BCUT2D eigenvalue weighted by Crippen LogP contribution is 2.50. The van der Waals surface area contributed by atoms with Crippen LogP contribution in [0.5, 0.6) is 17.2 Å². The number of esters is 1. The van der Waals surface area contributed by atoms with Crippen molar-refractivity contribution in [3.63, 3.8) is 0 Å². The Morgan fingerprint density at radius 1 is 0.778 bits per heavy atom. The molecule has 1 heterocycles. The number of phenols is 3. The number of hydrogen-bond donors (Lipinski definition) is 3. The first kappa shape index (κ1) is 17.0. The second-order valence-electron chi connectivity index (χ2n) is 6.77. The first-order valence-corrected chi connectivity index (χ1v) is 8.50. The lowest BCUT2D eigenvalue weighted by atomic mass is 9.79. The van der Waals surface area contributed by atoms with Crippen molar-refractivity contribution in [1.82, 2.24) is 0 Å². The van der Waals surface area contributed by atoms with E-state index < -0.39 is 11.6 Å². The van der Waals surface area contributed by atoms with E-state index in [1.54, 1.807) is 62.4 Å². The summed E-state index contributed by atoms with van der Waals surface area (Å²) in [5.74, 6) is -0.712. The molecule has 1 aliphatic rings. The van der Waals surface area contributed by atoms with Crippen molar-refractivity contribution in [3.05, 3.63) is 88.0 Å². The normalized spacial score (nSPS) is 14.7. The number of phenolic OH excluding ortho intramolecular Hbond substituents is 3. The molecular formula is C22H18O5. The van der Waals surface area contributed by atoms with E-state index in [0.717, 1.165) is 0 Å². The molecule has 0 radical (unpaired) electrons. The minimum atomic E-state index is -1.39. The number of rotatable bonds is 2. The molecule has 0 unspecified atom stereocenters. The van der Waals surface area contributed by atoms with E-state index in [0.29, 0.717) is 27.8 Å². The molecule has 27 heavy (non-hydrogen) atoms. The lowest BCUT2D eigenvalue weighted by Gasteiger charge is -2.30. The number of cyclic esters (lactones) is 1. The molecule has 3 N–H and O–H groups in total. The SMILES string of the molecule is Cc1ccc(C2(c3ccc(C)c(O)c3)OC(=O)c3c(O)cccc32)cc1O. The number of aromatic hydroxyl groups is 3. The van der Waals surface area contributed by atoms with Gasteiger partial charge in [0.2, 0.25) is 0 Å². The maximum Gasteiger partial charge on any atom is 0.343 e. The third kappa shape index (κ3) is 2.35. The van der Waals surface area contributed by atoms with Gasteiger partial charge in [-0.15, -0.1) is 0 Å². The molecule has 0 spiro atoms. The molecule has 0 saturated carbocycles. The van der Waals surface area contributed by atoms with Gasteiger partial charge in [0.1, 0.15) is 22.8 Å². The van der Waals surface area contributed by atoms with Gasteiger partial charge in [-0.05, 0) is 43.2 Å². The molecule has 4 rings (SSSR count). The van der Waals surface area contributed by atoms with Crippen LogP contribution < -0.4 is 0 Å². The van der Waals surface area contributed by atoms with E-state index in [2.05, 4.69) is 0 Å².